The van der Waals surface area contributed by atoms with Gasteiger partial charge < -0.3 is 0 Å². The summed E-state index contributed by atoms with van der Waals surface area (Å²) in [5.74, 6) is 1.93. The summed E-state index contributed by atoms with van der Waals surface area (Å²) < 4.78 is 0. The largest absolute Gasteiger partial charge is 0.208 e. The monoisotopic (exact) mass is 613 g/mol. The minimum absolute atomic E-state index is 0.638. The van der Waals surface area contributed by atoms with Crippen molar-refractivity contribution in [2.45, 2.75) is 0 Å². The summed E-state index contributed by atoms with van der Waals surface area (Å²) >= 11 is 0. The van der Waals surface area contributed by atoms with Crippen molar-refractivity contribution >= 4 is 0 Å². The van der Waals surface area contributed by atoms with Crippen molar-refractivity contribution < 1.29 is 0 Å². The predicted molar refractivity (Wildman–Crippen MR) is 198 cm³/mol. The van der Waals surface area contributed by atoms with Crippen LogP contribution in [0.2, 0.25) is 0 Å². The molecule has 0 saturated carbocycles. The zero-order valence-electron chi connectivity index (χ0n) is 26.2. The lowest BCUT2D eigenvalue weighted by Gasteiger charge is -2.14. The predicted octanol–water partition coefficient (Wildman–Crippen LogP) is 11.5. The summed E-state index contributed by atoms with van der Waals surface area (Å²) in [5, 5.41) is 0. The lowest BCUT2D eigenvalue weighted by Crippen LogP contribution is -2.00. The Balaban J connectivity index is 1.20. The number of aromatic nitrogens is 3. The van der Waals surface area contributed by atoms with Crippen molar-refractivity contribution in [3.05, 3.63) is 188 Å². The third-order valence-corrected chi connectivity index (χ3v) is 8.58. The Labute approximate surface area is 280 Å². The van der Waals surface area contributed by atoms with Gasteiger partial charge in [0.15, 0.2) is 17.5 Å². The molecule has 0 N–H and O–H groups in total. The highest BCUT2D eigenvalue weighted by atomic mass is 15.0. The molecule has 1 heterocycles. The molecule has 0 bridgehead atoms. The van der Waals surface area contributed by atoms with Crippen LogP contribution in [0.5, 0.6) is 0 Å². The Morgan fingerprint density at radius 3 is 0.979 bits per heavy atom. The van der Waals surface area contributed by atoms with Crippen molar-refractivity contribution in [1.82, 2.24) is 15.0 Å². The van der Waals surface area contributed by atoms with Crippen LogP contribution in [-0.4, -0.2) is 15.0 Å². The van der Waals surface area contributed by atoms with Gasteiger partial charge in [-0.2, -0.15) is 0 Å². The summed E-state index contributed by atoms with van der Waals surface area (Å²) in [6.07, 6.45) is 0. The first kappa shape index (κ1) is 29.0. The van der Waals surface area contributed by atoms with Gasteiger partial charge >= 0.3 is 0 Å². The van der Waals surface area contributed by atoms with Gasteiger partial charge in [-0.3, -0.25) is 0 Å². The molecule has 0 aliphatic heterocycles. The number of hydrogen-bond acceptors (Lipinski definition) is 3. The lowest BCUT2D eigenvalue weighted by molar-refractivity contribution is 1.07. The Morgan fingerprint density at radius 2 is 0.500 bits per heavy atom. The fraction of sp³-hybridized carbons (Fsp3) is 0. The van der Waals surface area contributed by atoms with Crippen molar-refractivity contribution in [3.8, 4) is 78.7 Å². The molecule has 0 atom stereocenters. The first-order valence-corrected chi connectivity index (χ1v) is 16.1. The molecular weight excluding hydrogens is 583 g/mol. The number of rotatable bonds is 7. The van der Waals surface area contributed by atoms with Crippen LogP contribution >= 0.6 is 0 Å². The van der Waals surface area contributed by atoms with Crippen LogP contribution in [-0.2, 0) is 0 Å². The Hall–Kier alpha value is -6.45. The van der Waals surface area contributed by atoms with E-state index >= 15 is 0 Å². The van der Waals surface area contributed by atoms with E-state index in [1.54, 1.807) is 0 Å². The lowest BCUT2D eigenvalue weighted by atomic mass is 9.91. The van der Waals surface area contributed by atoms with E-state index in [4.69, 9.17) is 15.0 Å². The summed E-state index contributed by atoms with van der Waals surface area (Å²) in [6.45, 7) is 0. The van der Waals surface area contributed by atoms with Gasteiger partial charge in [0, 0.05) is 16.7 Å². The summed E-state index contributed by atoms with van der Waals surface area (Å²) in [7, 11) is 0. The van der Waals surface area contributed by atoms with Gasteiger partial charge in [-0.1, -0.05) is 182 Å². The Bertz CT molecular complexity index is 2280. The van der Waals surface area contributed by atoms with Crippen molar-refractivity contribution in [2.75, 3.05) is 0 Å². The standard InChI is InChI=1S/C45H31N3/c1-5-13-32(14-6-1)34-21-25-38(26-22-34)44-46-43(37-19-11-4-12-20-37)47-45(48-44)39-27-23-36(24-28-39)42-31-40(33-15-7-2-8-16-33)29-30-41(42)35-17-9-3-10-18-35/h1-31H. The highest BCUT2D eigenvalue weighted by Crippen LogP contribution is 2.37. The molecule has 226 valence electrons. The van der Waals surface area contributed by atoms with Crippen LogP contribution in [0.3, 0.4) is 0 Å². The van der Waals surface area contributed by atoms with E-state index in [-0.39, 0.29) is 0 Å². The average molecular weight is 614 g/mol. The van der Waals surface area contributed by atoms with Crippen molar-refractivity contribution in [2.24, 2.45) is 0 Å². The maximum absolute atomic E-state index is 5.00. The molecule has 0 fully saturated rings. The van der Waals surface area contributed by atoms with Crippen molar-refractivity contribution in [3.63, 3.8) is 0 Å². The second-order valence-electron chi connectivity index (χ2n) is 11.7. The fourth-order valence-corrected chi connectivity index (χ4v) is 6.05. The quantitative estimate of drug-likeness (QED) is 0.179. The van der Waals surface area contributed by atoms with E-state index in [9.17, 15) is 0 Å². The van der Waals surface area contributed by atoms with Crippen LogP contribution < -0.4 is 0 Å². The third kappa shape index (κ3) is 6.05. The molecule has 48 heavy (non-hydrogen) atoms. The number of benzene rings is 7. The SMILES string of the molecule is c1ccc(-c2ccc(-c3nc(-c4ccccc4)nc(-c4ccc(-c5cc(-c6ccccc6)ccc5-c5ccccc5)cc4)n3)cc2)cc1. The zero-order chi connectivity index (χ0) is 32.1. The second-order valence-corrected chi connectivity index (χ2v) is 11.7. The first-order chi connectivity index (χ1) is 23.8. The van der Waals surface area contributed by atoms with Crippen LogP contribution in [0.4, 0.5) is 0 Å². The summed E-state index contributed by atoms with van der Waals surface area (Å²) in [5.41, 5.74) is 12.2. The van der Waals surface area contributed by atoms with E-state index in [0.29, 0.717) is 17.5 Å². The molecule has 0 amide bonds. The average Bonchev–Trinajstić information content (AvgIpc) is 3.19. The molecule has 0 saturated heterocycles. The zero-order valence-corrected chi connectivity index (χ0v) is 26.2. The van der Waals surface area contributed by atoms with E-state index in [1.807, 2.05) is 36.4 Å². The topological polar surface area (TPSA) is 38.7 Å². The van der Waals surface area contributed by atoms with Gasteiger partial charge in [0.25, 0.3) is 0 Å². The normalized spacial score (nSPS) is 10.9. The van der Waals surface area contributed by atoms with Crippen LogP contribution in [0.1, 0.15) is 0 Å². The maximum atomic E-state index is 5.00. The minimum atomic E-state index is 0.638. The van der Waals surface area contributed by atoms with Gasteiger partial charge in [-0.05, 0) is 50.6 Å². The molecular formula is C45H31N3. The summed E-state index contributed by atoms with van der Waals surface area (Å²) in [6, 6.07) is 65.3. The second kappa shape index (κ2) is 13.1. The molecule has 0 unspecified atom stereocenters. The van der Waals surface area contributed by atoms with Gasteiger partial charge in [0.2, 0.25) is 0 Å². The molecule has 0 aliphatic carbocycles. The molecule has 1 aromatic heterocycles. The van der Waals surface area contributed by atoms with E-state index < -0.39 is 0 Å². The van der Waals surface area contributed by atoms with Crippen molar-refractivity contribution in [1.29, 1.82) is 0 Å². The van der Waals surface area contributed by atoms with E-state index in [0.717, 1.165) is 27.8 Å². The molecule has 0 radical (unpaired) electrons. The Kier molecular flexibility index (Phi) is 7.92. The number of hydrogen-bond donors (Lipinski definition) is 0. The molecule has 3 nitrogen and oxygen atoms in total. The number of nitrogens with zero attached hydrogens (tertiary/aromatic N) is 3. The molecule has 3 heteroatoms. The first-order valence-electron chi connectivity index (χ1n) is 16.1. The third-order valence-electron chi connectivity index (χ3n) is 8.58. The van der Waals surface area contributed by atoms with Gasteiger partial charge in [0.1, 0.15) is 0 Å². The Morgan fingerprint density at radius 1 is 0.208 bits per heavy atom. The highest BCUT2D eigenvalue weighted by Gasteiger charge is 2.14. The molecule has 0 aliphatic rings. The molecule has 0 spiro atoms. The highest BCUT2D eigenvalue weighted by molar-refractivity contribution is 5.87. The van der Waals surface area contributed by atoms with Gasteiger partial charge in [-0.15, -0.1) is 0 Å². The van der Waals surface area contributed by atoms with E-state index in [1.165, 1.54) is 33.4 Å². The van der Waals surface area contributed by atoms with Gasteiger partial charge in [-0.25, -0.2) is 15.0 Å². The minimum Gasteiger partial charge on any atom is -0.208 e. The summed E-state index contributed by atoms with van der Waals surface area (Å²) in [4.78, 5) is 14.9. The fourth-order valence-electron chi connectivity index (χ4n) is 6.05. The molecule has 8 rings (SSSR count). The smallest absolute Gasteiger partial charge is 0.164 e. The van der Waals surface area contributed by atoms with Crippen LogP contribution in [0, 0.1) is 0 Å². The van der Waals surface area contributed by atoms with E-state index in [2.05, 4.69) is 152 Å². The van der Waals surface area contributed by atoms with Gasteiger partial charge in [0.05, 0.1) is 0 Å². The van der Waals surface area contributed by atoms with Crippen LogP contribution in [0.25, 0.3) is 78.7 Å². The maximum Gasteiger partial charge on any atom is 0.164 e. The molecule has 7 aromatic carbocycles. The van der Waals surface area contributed by atoms with Crippen LogP contribution in [0.15, 0.2) is 188 Å². The molecule has 8 aromatic rings.